The molecular weight excluding hydrogens is 214 g/mol. The van der Waals surface area contributed by atoms with Crippen LogP contribution >= 0.6 is 0 Å². The predicted octanol–water partition coefficient (Wildman–Crippen LogP) is 0.242. The summed E-state index contributed by atoms with van der Waals surface area (Å²) in [5.74, 6) is 0.699. The Morgan fingerprint density at radius 2 is 2.00 bits per heavy atom. The molecule has 2 atom stereocenters. The number of fused-ring (bicyclic) bond motifs is 2. The van der Waals surface area contributed by atoms with Crippen molar-refractivity contribution in [1.29, 1.82) is 0 Å². The lowest BCUT2D eigenvalue weighted by Crippen LogP contribution is -2.60. The molecule has 0 amide bonds. The fraction of sp³-hybridized carbons (Fsp3) is 1.00. The average Bonchev–Trinajstić information content (AvgIpc) is 2.38. The maximum absolute atomic E-state index is 11.8. The molecule has 0 radical (unpaired) electrons. The predicted molar refractivity (Wildman–Crippen MR) is 56.2 cm³/mol. The van der Waals surface area contributed by atoms with E-state index in [1.165, 1.54) is 0 Å². The van der Waals surface area contributed by atoms with Crippen LogP contribution in [0.3, 0.4) is 0 Å². The van der Waals surface area contributed by atoms with E-state index in [1.54, 1.807) is 6.92 Å². The smallest absolute Gasteiger partial charge is 0.179 e. The molecule has 15 heavy (non-hydrogen) atoms. The normalized spacial score (nSPS) is 52.5. The SMILES string of the molecule is C[C@H]1O[C@]2(CN3CCC2CC3)CS1(=O)=O. The Morgan fingerprint density at radius 3 is 2.40 bits per heavy atom. The summed E-state index contributed by atoms with van der Waals surface area (Å²) in [7, 11) is -3.00. The summed E-state index contributed by atoms with van der Waals surface area (Å²) in [5, 5.41) is 0. The Morgan fingerprint density at radius 1 is 1.33 bits per heavy atom. The fourth-order valence-electron chi connectivity index (χ4n) is 3.32. The van der Waals surface area contributed by atoms with Crippen molar-refractivity contribution < 1.29 is 13.2 Å². The van der Waals surface area contributed by atoms with Gasteiger partial charge in [0.15, 0.2) is 15.3 Å². The highest BCUT2D eigenvalue weighted by molar-refractivity contribution is 7.92. The first-order valence-corrected chi connectivity index (χ1v) is 7.35. The maximum Gasteiger partial charge on any atom is 0.179 e. The van der Waals surface area contributed by atoms with Crippen molar-refractivity contribution in [2.45, 2.75) is 30.8 Å². The number of hydrogen-bond donors (Lipinski definition) is 0. The molecule has 5 heteroatoms. The first-order valence-electron chi connectivity index (χ1n) is 5.64. The highest BCUT2D eigenvalue weighted by Gasteiger charge is 2.56. The van der Waals surface area contributed by atoms with Gasteiger partial charge in [0, 0.05) is 6.54 Å². The zero-order valence-electron chi connectivity index (χ0n) is 8.98. The van der Waals surface area contributed by atoms with E-state index < -0.39 is 15.3 Å². The van der Waals surface area contributed by atoms with Gasteiger partial charge >= 0.3 is 0 Å². The lowest BCUT2D eigenvalue weighted by Gasteiger charge is -2.50. The maximum atomic E-state index is 11.8. The van der Waals surface area contributed by atoms with Crippen LogP contribution < -0.4 is 0 Å². The molecule has 4 rings (SSSR count). The molecule has 1 spiro atoms. The third kappa shape index (κ3) is 1.36. The van der Waals surface area contributed by atoms with Crippen LogP contribution in [-0.2, 0) is 14.6 Å². The number of nitrogens with zero attached hydrogens (tertiary/aromatic N) is 1. The highest BCUT2D eigenvalue weighted by Crippen LogP contribution is 2.44. The van der Waals surface area contributed by atoms with Gasteiger partial charge in [0.25, 0.3) is 0 Å². The molecule has 0 aromatic rings. The van der Waals surface area contributed by atoms with E-state index >= 15 is 0 Å². The standard InChI is InChI=1S/C10H17NO3S/c1-8-14-10(7-15(8,12)13)6-11-4-2-9(10)3-5-11/h8-9H,2-7H2,1H3/t8-,10+/m0/s1. The number of piperidine rings is 3. The summed E-state index contributed by atoms with van der Waals surface area (Å²) in [5.41, 5.74) is -0.965. The van der Waals surface area contributed by atoms with Gasteiger partial charge in [0.05, 0.1) is 11.4 Å². The lowest BCUT2D eigenvalue weighted by atomic mass is 9.76. The molecule has 0 unspecified atom stereocenters. The molecule has 0 aromatic carbocycles. The second-order valence-corrected chi connectivity index (χ2v) is 7.39. The van der Waals surface area contributed by atoms with E-state index in [2.05, 4.69) is 4.90 Å². The highest BCUT2D eigenvalue weighted by atomic mass is 32.2. The Bertz CT molecular complexity index is 372. The van der Waals surface area contributed by atoms with Crippen LogP contribution in [-0.4, -0.2) is 49.7 Å². The van der Waals surface area contributed by atoms with Crippen LogP contribution in [0.15, 0.2) is 0 Å². The van der Waals surface area contributed by atoms with Crippen molar-refractivity contribution in [1.82, 2.24) is 4.90 Å². The molecule has 0 saturated carbocycles. The monoisotopic (exact) mass is 231 g/mol. The van der Waals surface area contributed by atoms with Gasteiger partial charge in [-0.1, -0.05) is 0 Å². The summed E-state index contributed by atoms with van der Waals surface area (Å²) < 4.78 is 29.3. The number of ether oxygens (including phenoxy) is 1. The van der Waals surface area contributed by atoms with Gasteiger partial charge in [-0.2, -0.15) is 0 Å². The first kappa shape index (κ1) is 10.1. The van der Waals surface area contributed by atoms with Crippen LogP contribution in [0.25, 0.3) is 0 Å². The van der Waals surface area contributed by atoms with Gasteiger partial charge < -0.3 is 9.64 Å². The van der Waals surface area contributed by atoms with E-state index in [0.717, 1.165) is 32.5 Å². The summed E-state index contributed by atoms with van der Waals surface area (Å²) in [6.45, 7) is 4.72. The van der Waals surface area contributed by atoms with Gasteiger partial charge in [-0.15, -0.1) is 0 Å². The van der Waals surface area contributed by atoms with Crippen molar-refractivity contribution in [3.05, 3.63) is 0 Å². The summed E-state index contributed by atoms with van der Waals surface area (Å²) >= 11 is 0. The largest absolute Gasteiger partial charge is 0.353 e. The quantitative estimate of drug-likeness (QED) is 0.599. The molecule has 4 aliphatic rings. The third-order valence-electron chi connectivity index (χ3n) is 4.17. The molecule has 0 aromatic heterocycles. The van der Waals surface area contributed by atoms with Crippen LogP contribution in [0.1, 0.15) is 19.8 Å². The second-order valence-electron chi connectivity index (χ2n) is 5.11. The topological polar surface area (TPSA) is 46.6 Å². The van der Waals surface area contributed by atoms with Crippen molar-refractivity contribution in [2.75, 3.05) is 25.4 Å². The van der Waals surface area contributed by atoms with Gasteiger partial charge in [0.1, 0.15) is 0 Å². The molecule has 0 aliphatic carbocycles. The van der Waals surface area contributed by atoms with E-state index in [0.29, 0.717) is 5.92 Å². The zero-order chi connectivity index (χ0) is 10.7. The van der Waals surface area contributed by atoms with E-state index in [-0.39, 0.29) is 11.4 Å². The summed E-state index contributed by atoms with van der Waals surface area (Å²) in [6.07, 6.45) is 2.20. The molecule has 0 N–H and O–H groups in total. The lowest BCUT2D eigenvalue weighted by molar-refractivity contribution is -0.133. The van der Waals surface area contributed by atoms with Crippen LogP contribution in [0.2, 0.25) is 0 Å². The molecular formula is C10H17NO3S. The number of sulfone groups is 1. The second kappa shape index (κ2) is 2.96. The van der Waals surface area contributed by atoms with Gasteiger partial charge in [-0.25, -0.2) is 8.42 Å². The molecule has 4 heterocycles. The zero-order valence-corrected chi connectivity index (χ0v) is 9.79. The van der Waals surface area contributed by atoms with Crippen LogP contribution in [0.4, 0.5) is 0 Å². The fourth-order valence-corrected chi connectivity index (χ4v) is 4.97. The molecule has 4 fully saturated rings. The van der Waals surface area contributed by atoms with Gasteiger partial charge in [-0.05, 0) is 38.8 Å². The molecule has 4 aliphatic heterocycles. The molecule has 86 valence electrons. The minimum Gasteiger partial charge on any atom is -0.353 e. The summed E-state index contributed by atoms with van der Waals surface area (Å²) in [4.78, 5) is 2.34. The molecule has 2 bridgehead atoms. The van der Waals surface area contributed by atoms with Crippen LogP contribution in [0, 0.1) is 5.92 Å². The Balaban J connectivity index is 1.94. The third-order valence-corrected chi connectivity index (χ3v) is 6.17. The van der Waals surface area contributed by atoms with Crippen molar-refractivity contribution in [3.63, 3.8) is 0 Å². The van der Waals surface area contributed by atoms with E-state index in [1.807, 2.05) is 0 Å². The van der Waals surface area contributed by atoms with Crippen molar-refractivity contribution >= 4 is 9.84 Å². The summed E-state index contributed by atoms with van der Waals surface area (Å²) in [6, 6.07) is 0. The first-order chi connectivity index (χ1) is 7.02. The molecule has 4 saturated heterocycles. The Labute approximate surface area is 90.5 Å². The van der Waals surface area contributed by atoms with Crippen molar-refractivity contribution in [3.8, 4) is 0 Å². The van der Waals surface area contributed by atoms with Crippen LogP contribution in [0.5, 0.6) is 0 Å². The number of hydrogen-bond acceptors (Lipinski definition) is 4. The minimum atomic E-state index is -3.00. The van der Waals surface area contributed by atoms with Crippen molar-refractivity contribution in [2.24, 2.45) is 5.92 Å². The van der Waals surface area contributed by atoms with Gasteiger partial charge in [-0.3, -0.25) is 0 Å². The average molecular weight is 231 g/mol. The minimum absolute atomic E-state index is 0.238. The number of rotatable bonds is 0. The van der Waals surface area contributed by atoms with Gasteiger partial charge in [0.2, 0.25) is 0 Å². The Kier molecular flexibility index (Phi) is 1.98. The Hall–Kier alpha value is -0.130. The van der Waals surface area contributed by atoms with E-state index in [9.17, 15) is 8.42 Å². The van der Waals surface area contributed by atoms with E-state index in [4.69, 9.17) is 4.74 Å². The molecule has 4 nitrogen and oxygen atoms in total.